The average Bonchev–Trinajstić information content (AvgIpc) is 3.48. The van der Waals surface area contributed by atoms with E-state index in [0.717, 1.165) is 5.57 Å². The van der Waals surface area contributed by atoms with E-state index in [0.29, 0.717) is 48.1 Å². The van der Waals surface area contributed by atoms with Crippen LogP contribution in [0, 0.1) is 5.82 Å². The van der Waals surface area contributed by atoms with Gasteiger partial charge in [0.2, 0.25) is 0 Å². The van der Waals surface area contributed by atoms with Gasteiger partial charge in [-0.1, -0.05) is 29.8 Å². The number of halogens is 3. The first kappa shape index (κ1) is 30.2. The van der Waals surface area contributed by atoms with Gasteiger partial charge in [-0.25, -0.2) is 18.2 Å². The molecule has 1 aliphatic heterocycles. The minimum Gasteiger partial charge on any atom is -0.492 e. The van der Waals surface area contributed by atoms with E-state index in [1.54, 1.807) is 41.5 Å². The number of rotatable bonds is 8. The summed E-state index contributed by atoms with van der Waals surface area (Å²) in [6.45, 7) is 8.00. The number of carbonyl (C=O) groups is 1. The highest BCUT2D eigenvalue weighted by Gasteiger charge is 2.27. The quantitative estimate of drug-likeness (QED) is 0.245. The fourth-order valence-corrected chi connectivity index (χ4v) is 5.76. The van der Waals surface area contributed by atoms with Crippen LogP contribution in [0.4, 0.5) is 13.2 Å². The summed E-state index contributed by atoms with van der Waals surface area (Å²) in [6.07, 6.45) is -0.854. The summed E-state index contributed by atoms with van der Waals surface area (Å²) in [6, 6.07) is 11.3. The van der Waals surface area contributed by atoms with Crippen LogP contribution in [-0.2, 0) is 0 Å². The van der Waals surface area contributed by atoms with Crippen molar-refractivity contribution in [2.75, 3.05) is 32.8 Å². The average molecular weight is 609 g/mol. The van der Waals surface area contributed by atoms with Crippen LogP contribution in [0.15, 0.2) is 64.3 Å². The maximum absolute atomic E-state index is 14.7. The number of carbonyl (C=O) groups excluding carboxylic acids is 1. The van der Waals surface area contributed by atoms with E-state index in [9.17, 15) is 22.8 Å². The first-order chi connectivity index (χ1) is 20.7. The van der Waals surface area contributed by atoms with Crippen molar-refractivity contribution < 1.29 is 22.7 Å². The molecule has 43 heavy (non-hydrogen) atoms. The third-order valence-corrected chi connectivity index (χ3v) is 7.83. The second-order valence-corrected chi connectivity index (χ2v) is 11.1. The predicted molar refractivity (Wildman–Crippen MR) is 163 cm³/mol. The third-order valence-electron chi connectivity index (χ3n) is 6.95. The molecule has 0 saturated carbocycles. The molecule has 0 atom stereocenters. The SMILES string of the molecule is CCOc1ccc(F)cc1-n1c(C=C(C)C)c(C(=O)N2CCNCC2)cc(-c2nc(-c3ccc(C(F)F)cc3)cs2)c1=O. The van der Waals surface area contributed by atoms with E-state index in [2.05, 4.69) is 10.3 Å². The largest absolute Gasteiger partial charge is 0.492 e. The molecular formula is C32H31F3N4O3S. The zero-order chi connectivity index (χ0) is 30.7. The number of aromatic nitrogens is 2. The molecule has 0 spiro atoms. The predicted octanol–water partition coefficient (Wildman–Crippen LogP) is 6.57. The number of alkyl halides is 2. The van der Waals surface area contributed by atoms with E-state index in [-0.39, 0.29) is 40.6 Å². The summed E-state index contributed by atoms with van der Waals surface area (Å²) < 4.78 is 48.0. The topological polar surface area (TPSA) is 76.5 Å². The Balaban J connectivity index is 1.76. The number of ether oxygens (including phenoxy) is 1. The lowest BCUT2D eigenvalue weighted by Crippen LogP contribution is -2.47. The van der Waals surface area contributed by atoms with E-state index in [4.69, 9.17) is 4.74 Å². The fraction of sp³-hybridized carbons (Fsp3) is 0.281. The molecule has 1 N–H and O–H groups in total. The summed E-state index contributed by atoms with van der Waals surface area (Å²) in [5.41, 5.74) is 2.20. The van der Waals surface area contributed by atoms with Crippen LogP contribution in [0.1, 0.15) is 48.8 Å². The molecule has 4 aromatic rings. The molecule has 0 aliphatic carbocycles. The van der Waals surface area contributed by atoms with Crippen LogP contribution in [0.2, 0.25) is 0 Å². The monoisotopic (exact) mass is 608 g/mol. The molecular weight excluding hydrogens is 577 g/mol. The van der Waals surface area contributed by atoms with Gasteiger partial charge in [0, 0.05) is 48.8 Å². The standard InChI is InChI=1S/C32H31F3N4O3S/c1-4-42-28-10-9-22(33)16-27(28)39-26(15-19(2)3)23(31(40)38-13-11-36-12-14-38)17-24(32(39)41)30-37-25(18-43-30)20-5-7-21(8-6-20)29(34)35/h5-10,15-18,29,36H,4,11-14H2,1-3H3. The van der Waals surface area contributed by atoms with Crippen LogP contribution in [0.25, 0.3) is 33.6 Å². The smallest absolute Gasteiger partial charge is 0.266 e. The number of nitrogens with one attached hydrogen (secondary N) is 1. The zero-order valence-electron chi connectivity index (χ0n) is 24.0. The number of nitrogens with zero attached hydrogens (tertiary/aromatic N) is 3. The first-order valence-electron chi connectivity index (χ1n) is 13.9. The molecule has 3 heterocycles. The fourth-order valence-electron chi connectivity index (χ4n) is 4.92. The lowest BCUT2D eigenvalue weighted by Gasteiger charge is -2.29. The molecule has 7 nitrogen and oxygen atoms in total. The van der Waals surface area contributed by atoms with Crippen molar-refractivity contribution in [1.82, 2.24) is 19.8 Å². The first-order valence-corrected chi connectivity index (χ1v) is 14.8. The summed E-state index contributed by atoms with van der Waals surface area (Å²) >= 11 is 1.19. The van der Waals surface area contributed by atoms with Crippen LogP contribution >= 0.6 is 11.3 Å². The molecule has 0 unspecified atom stereocenters. The van der Waals surface area contributed by atoms with Gasteiger partial charge in [0.25, 0.3) is 17.9 Å². The molecule has 1 fully saturated rings. The summed E-state index contributed by atoms with van der Waals surface area (Å²) in [4.78, 5) is 34.8. The molecule has 0 bridgehead atoms. The highest BCUT2D eigenvalue weighted by molar-refractivity contribution is 7.13. The van der Waals surface area contributed by atoms with Crippen LogP contribution in [-0.4, -0.2) is 53.1 Å². The number of piperazine rings is 1. The summed E-state index contributed by atoms with van der Waals surface area (Å²) in [5.74, 6) is -0.554. The lowest BCUT2D eigenvalue weighted by molar-refractivity contribution is 0.0735. The Hall–Kier alpha value is -4.22. The van der Waals surface area contributed by atoms with Gasteiger partial charge in [0.05, 0.1) is 34.8 Å². The maximum atomic E-state index is 14.7. The van der Waals surface area contributed by atoms with Crippen molar-refractivity contribution in [3.63, 3.8) is 0 Å². The summed E-state index contributed by atoms with van der Waals surface area (Å²) in [7, 11) is 0. The van der Waals surface area contributed by atoms with Gasteiger partial charge in [0.15, 0.2) is 0 Å². The van der Waals surface area contributed by atoms with Crippen LogP contribution in [0.5, 0.6) is 5.75 Å². The number of hydrogen-bond acceptors (Lipinski definition) is 6. The number of allylic oxidation sites excluding steroid dienone is 1. The Morgan fingerprint density at radius 1 is 1.12 bits per heavy atom. The molecule has 5 rings (SSSR count). The van der Waals surface area contributed by atoms with Gasteiger partial charge in [-0.3, -0.25) is 14.2 Å². The van der Waals surface area contributed by atoms with Gasteiger partial charge < -0.3 is 15.0 Å². The minimum absolute atomic E-state index is 0.104. The van der Waals surface area contributed by atoms with Crippen LogP contribution in [0.3, 0.4) is 0 Å². The number of amides is 1. The molecule has 224 valence electrons. The molecule has 1 amide bonds. The van der Waals surface area contributed by atoms with Crippen molar-refractivity contribution in [2.45, 2.75) is 27.2 Å². The van der Waals surface area contributed by atoms with Crippen molar-refractivity contribution in [3.8, 4) is 33.3 Å². The maximum Gasteiger partial charge on any atom is 0.266 e. The molecule has 1 aliphatic rings. The van der Waals surface area contributed by atoms with Gasteiger partial charge in [-0.05, 0) is 45.0 Å². The minimum atomic E-state index is -2.59. The Labute approximate surface area is 251 Å². The normalized spacial score (nSPS) is 13.3. The number of benzene rings is 2. The van der Waals surface area contributed by atoms with Gasteiger partial charge in [-0.15, -0.1) is 11.3 Å². The van der Waals surface area contributed by atoms with Crippen molar-refractivity contribution in [2.24, 2.45) is 0 Å². The van der Waals surface area contributed by atoms with E-state index < -0.39 is 17.8 Å². The second kappa shape index (κ2) is 13.0. The molecule has 0 radical (unpaired) electrons. The Morgan fingerprint density at radius 3 is 2.49 bits per heavy atom. The summed E-state index contributed by atoms with van der Waals surface area (Å²) in [5, 5.41) is 5.30. The molecule has 2 aromatic heterocycles. The zero-order valence-corrected chi connectivity index (χ0v) is 24.8. The Kier molecular flexibility index (Phi) is 9.12. The van der Waals surface area contributed by atoms with Gasteiger partial charge in [0.1, 0.15) is 16.6 Å². The molecule has 11 heteroatoms. The Morgan fingerprint density at radius 2 is 1.84 bits per heavy atom. The molecule has 2 aromatic carbocycles. The van der Waals surface area contributed by atoms with Gasteiger partial charge >= 0.3 is 0 Å². The van der Waals surface area contributed by atoms with Crippen molar-refractivity contribution in [3.05, 3.63) is 92.5 Å². The van der Waals surface area contributed by atoms with Crippen molar-refractivity contribution in [1.29, 1.82) is 0 Å². The second-order valence-electron chi connectivity index (χ2n) is 10.3. The lowest BCUT2D eigenvalue weighted by atomic mass is 10.0. The highest BCUT2D eigenvalue weighted by Crippen LogP contribution is 2.33. The van der Waals surface area contributed by atoms with Crippen LogP contribution < -0.4 is 15.6 Å². The van der Waals surface area contributed by atoms with Gasteiger partial charge in [-0.2, -0.15) is 0 Å². The third kappa shape index (κ3) is 6.42. The molecule has 1 saturated heterocycles. The number of pyridine rings is 1. The van der Waals surface area contributed by atoms with E-state index in [1.807, 2.05) is 13.8 Å². The highest BCUT2D eigenvalue weighted by atomic mass is 32.1. The van der Waals surface area contributed by atoms with E-state index in [1.165, 1.54) is 46.2 Å². The number of thiazole rings is 1. The number of hydrogen-bond donors (Lipinski definition) is 1. The van der Waals surface area contributed by atoms with Crippen molar-refractivity contribution >= 4 is 23.3 Å². The Bertz CT molecular complexity index is 1720. The van der Waals surface area contributed by atoms with E-state index >= 15 is 0 Å².